The first-order valence-electron chi connectivity index (χ1n) is 7.90. The topological polar surface area (TPSA) is 95.6 Å². The van der Waals surface area contributed by atoms with Gasteiger partial charge in [0, 0.05) is 23.0 Å². The molecule has 0 saturated carbocycles. The maximum Gasteiger partial charge on any atom is 0.341 e. The highest BCUT2D eigenvalue weighted by Gasteiger charge is 2.31. The Bertz CT molecular complexity index is 907. The number of hydrogen-bond acceptors (Lipinski definition) is 6. The molecule has 134 valence electrons. The van der Waals surface area contributed by atoms with E-state index in [9.17, 15) is 18.0 Å². The van der Waals surface area contributed by atoms with E-state index in [2.05, 4.69) is 0 Å². The lowest BCUT2D eigenvalue weighted by Gasteiger charge is -2.16. The van der Waals surface area contributed by atoms with Crippen LogP contribution in [0, 0.1) is 13.8 Å². The van der Waals surface area contributed by atoms with Crippen molar-refractivity contribution in [3.63, 3.8) is 0 Å². The number of carbonyl (C=O) groups excluding carboxylic acids is 2. The fourth-order valence-electron chi connectivity index (χ4n) is 3.27. The van der Waals surface area contributed by atoms with E-state index in [0.29, 0.717) is 17.7 Å². The van der Waals surface area contributed by atoms with Gasteiger partial charge in [0.25, 0.3) is 0 Å². The van der Waals surface area contributed by atoms with Crippen LogP contribution in [0.15, 0.2) is 29.1 Å². The molecule has 0 aliphatic carbocycles. The fourth-order valence-corrected chi connectivity index (χ4v) is 4.97. The molecule has 1 unspecified atom stereocenters. The summed E-state index contributed by atoms with van der Waals surface area (Å²) >= 11 is 0. The summed E-state index contributed by atoms with van der Waals surface area (Å²) < 4.78 is 35.2. The van der Waals surface area contributed by atoms with Crippen LogP contribution in [-0.4, -0.2) is 42.9 Å². The first-order chi connectivity index (χ1) is 11.8. The molecule has 0 bridgehead atoms. The lowest BCUT2D eigenvalue weighted by atomic mass is 10.1. The SMILES string of the molecule is Cc1cc(C(=O)COC(=O)c2ccoc2)c(C)n1C1CCS(=O)(=O)C1. The number of aryl methyl sites for hydroxylation is 1. The van der Waals surface area contributed by atoms with Gasteiger partial charge in [-0.2, -0.15) is 0 Å². The Morgan fingerprint density at radius 2 is 2.12 bits per heavy atom. The molecule has 0 amide bonds. The monoisotopic (exact) mass is 365 g/mol. The van der Waals surface area contributed by atoms with Crippen LogP contribution in [0.3, 0.4) is 0 Å². The first-order valence-corrected chi connectivity index (χ1v) is 9.72. The van der Waals surface area contributed by atoms with E-state index in [-0.39, 0.29) is 35.5 Å². The van der Waals surface area contributed by atoms with E-state index >= 15 is 0 Å². The van der Waals surface area contributed by atoms with Gasteiger partial charge in [0.05, 0.1) is 23.3 Å². The van der Waals surface area contributed by atoms with Crippen molar-refractivity contribution in [3.05, 3.63) is 47.2 Å². The molecule has 1 atom stereocenters. The second-order valence-electron chi connectivity index (χ2n) is 6.22. The summed E-state index contributed by atoms with van der Waals surface area (Å²) in [5, 5.41) is 0. The third-order valence-electron chi connectivity index (χ3n) is 4.45. The van der Waals surface area contributed by atoms with Gasteiger partial charge in [-0.05, 0) is 32.4 Å². The number of esters is 1. The summed E-state index contributed by atoms with van der Waals surface area (Å²) in [5.41, 5.74) is 2.21. The van der Waals surface area contributed by atoms with E-state index in [0.717, 1.165) is 5.69 Å². The maximum atomic E-state index is 12.4. The molecule has 7 nitrogen and oxygen atoms in total. The highest BCUT2D eigenvalue weighted by Crippen LogP contribution is 2.29. The average Bonchev–Trinajstić information content (AvgIpc) is 3.25. The summed E-state index contributed by atoms with van der Waals surface area (Å²) in [6, 6.07) is 3.02. The number of aromatic nitrogens is 1. The summed E-state index contributed by atoms with van der Waals surface area (Å²) in [6.07, 6.45) is 3.14. The van der Waals surface area contributed by atoms with E-state index < -0.39 is 15.8 Å². The Hall–Kier alpha value is -2.35. The molecule has 8 heteroatoms. The van der Waals surface area contributed by atoms with Crippen molar-refractivity contribution in [3.8, 4) is 0 Å². The van der Waals surface area contributed by atoms with E-state index in [1.165, 1.54) is 18.6 Å². The van der Waals surface area contributed by atoms with Crippen molar-refractivity contribution in [1.82, 2.24) is 4.57 Å². The molecule has 3 rings (SSSR count). The van der Waals surface area contributed by atoms with Crippen LogP contribution in [0.25, 0.3) is 0 Å². The summed E-state index contributed by atoms with van der Waals surface area (Å²) in [4.78, 5) is 24.2. The van der Waals surface area contributed by atoms with Gasteiger partial charge in [-0.3, -0.25) is 4.79 Å². The first kappa shape index (κ1) is 17.5. The molecule has 2 aromatic heterocycles. The molecule has 0 N–H and O–H groups in total. The van der Waals surface area contributed by atoms with Crippen LogP contribution in [0.2, 0.25) is 0 Å². The minimum atomic E-state index is -3.02. The van der Waals surface area contributed by atoms with Gasteiger partial charge in [-0.25, -0.2) is 13.2 Å². The van der Waals surface area contributed by atoms with Gasteiger partial charge in [0.15, 0.2) is 16.4 Å². The van der Waals surface area contributed by atoms with Crippen LogP contribution >= 0.6 is 0 Å². The zero-order valence-corrected chi connectivity index (χ0v) is 14.8. The molecule has 1 aliphatic heterocycles. The lowest BCUT2D eigenvalue weighted by Crippen LogP contribution is -2.16. The van der Waals surface area contributed by atoms with Gasteiger partial charge in [0.2, 0.25) is 5.78 Å². The number of ketones is 1. The smallest absolute Gasteiger partial charge is 0.341 e. The molecule has 0 radical (unpaired) electrons. The van der Waals surface area contributed by atoms with E-state index in [1.54, 1.807) is 13.0 Å². The van der Waals surface area contributed by atoms with Gasteiger partial charge in [-0.15, -0.1) is 0 Å². The molecule has 1 aliphatic rings. The van der Waals surface area contributed by atoms with Gasteiger partial charge < -0.3 is 13.7 Å². The normalized spacial score (nSPS) is 19.0. The number of hydrogen-bond donors (Lipinski definition) is 0. The Labute approximate surface area is 145 Å². The standard InChI is InChI=1S/C17H19NO6S/c1-11-7-15(12(2)18(11)14-4-6-25(21,22)10-14)16(19)9-24-17(20)13-3-5-23-8-13/h3,5,7-8,14H,4,6,9-10H2,1-2H3. The predicted molar refractivity (Wildman–Crippen MR) is 89.5 cm³/mol. The number of sulfone groups is 1. The molecule has 1 saturated heterocycles. The van der Waals surface area contributed by atoms with Crippen LogP contribution < -0.4 is 0 Å². The van der Waals surface area contributed by atoms with Gasteiger partial charge in [-0.1, -0.05) is 0 Å². The Balaban J connectivity index is 1.73. The van der Waals surface area contributed by atoms with E-state index in [1.807, 2.05) is 11.5 Å². The Morgan fingerprint density at radius 3 is 2.72 bits per heavy atom. The average molecular weight is 365 g/mol. The summed E-state index contributed by atoms with van der Waals surface area (Å²) in [7, 11) is -3.02. The quantitative estimate of drug-likeness (QED) is 0.595. The highest BCUT2D eigenvalue weighted by atomic mass is 32.2. The predicted octanol–water partition coefficient (Wildman–Crippen LogP) is 2.10. The molecule has 1 fully saturated rings. The molecule has 3 heterocycles. The van der Waals surface area contributed by atoms with Crippen molar-refractivity contribution in [1.29, 1.82) is 0 Å². The Morgan fingerprint density at radius 1 is 1.36 bits per heavy atom. The zero-order chi connectivity index (χ0) is 18.2. The van der Waals surface area contributed by atoms with Crippen LogP contribution in [-0.2, 0) is 14.6 Å². The molecular weight excluding hydrogens is 346 g/mol. The number of furan rings is 1. The number of carbonyl (C=O) groups is 2. The molecular formula is C17H19NO6S. The highest BCUT2D eigenvalue weighted by molar-refractivity contribution is 7.91. The molecule has 2 aromatic rings. The van der Waals surface area contributed by atoms with Crippen molar-refractivity contribution in [2.24, 2.45) is 0 Å². The minimum Gasteiger partial charge on any atom is -0.472 e. The fraction of sp³-hybridized carbons (Fsp3) is 0.412. The lowest BCUT2D eigenvalue weighted by molar-refractivity contribution is 0.0473. The maximum absolute atomic E-state index is 12.4. The molecule has 25 heavy (non-hydrogen) atoms. The van der Waals surface area contributed by atoms with Crippen molar-refractivity contribution in [2.45, 2.75) is 26.3 Å². The number of rotatable bonds is 5. The Kier molecular flexibility index (Phi) is 4.55. The molecule has 0 spiro atoms. The van der Waals surface area contributed by atoms with Crippen LogP contribution in [0.1, 0.15) is 44.6 Å². The second-order valence-corrected chi connectivity index (χ2v) is 8.45. The largest absolute Gasteiger partial charge is 0.472 e. The van der Waals surface area contributed by atoms with Crippen molar-refractivity contribution >= 4 is 21.6 Å². The zero-order valence-electron chi connectivity index (χ0n) is 14.0. The van der Waals surface area contributed by atoms with Gasteiger partial charge in [0.1, 0.15) is 6.26 Å². The van der Waals surface area contributed by atoms with Gasteiger partial charge >= 0.3 is 5.97 Å². The van der Waals surface area contributed by atoms with Crippen molar-refractivity contribution in [2.75, 3.05) is 18.1 Å². The van der Waals surface area contributed by atoms with Crippen LogP contribution in [0.4, 0.5) is 0 Å². The number of ether oxygens (including phenoxy) is 1. The third-order valence-corrected chi connectivity index (χ3v) is 6.20. The minimum absolute atomic E-state index is 0.0897. The van der Waals surface area contributed by atoms with Crippen LogP contribution in [0.5, 0.6) is 0 Å². The van der Waals surface area contributed by atoms with E-state index in [4.69, 9.17) is 9.15 Å². The summed E-state index contributed by atoms with van der Waals surface area (Å²) in [5.74, 6) is -0.692. The number of Topliss-reactive ketones (excluding diaryl/α,β-unsaturated/α-hetero) is 1. The van der Waals surface area contributed by atoms with Crippen molar-refractivity contribution < 1.29 is 27.2 Å². The second kappa shape index (κ2) is 6.51. The third kappa shape index (κ3) is 3.53. The number of nitrogens with zero attached hydrogens (tertiary/aromatic N) is 1. The summed E-state index contributed by atoms with van der Waals surface area (Å²) in [6.45, 7) is 3.24. The molecule has 0 aromatic carbocycles.